The van der Waals surface area contributed by atoms with Crippen molar-refractivity contribution >= 4 is 5.97 Å². The number of benzene rings is 1. The summed E-state index contributed by atoms with van der Waals surface area (Å²) in [6.07, 6.45) is 9.69. The van der Waals surface area contributed by atoms with Crippen molar-refractivity contribution in [3.63, 3.8) is 0 Å². The Labute approximate surface area is 150 Å². The van der Waals surface area contributed by atoms with Crippen molar-refractivity contribution in [2.75, 3.05) is 0 Å². The molecule has 1 aromatic rings. The molecule has 1 saturated carbocycles. The van der Waals surface area contributed by atoms with Crippen molar-refractivity contribution in [3.8, 4) is 0 Å². The van der Waals surface area contributed by atoms with Gasteiger partial charge in [-0.1, -0.05) is 48.9 Å². The van der Waals surface area contributed by atoms with E-state index in [0.29, 0.717) is 12.8 Å². The van der Waals surface area contributed by atoms with Gasteiger partial charge in [-0.05, 0) is 56.4 Å². The Hall–Kier alpha value is -1.65. The summed E-state index contributed by atoms with van der Waals surface area (Å²) in [5, 5.41) is 29.4. The maximum absolute atomic E-state index is 10.9. The second kappa shape index (κ2) is 9.73. The average molecular weight is 346 g/mol. The molecule has 2 rings (SSSR count). The van der Waals surface area contributed by atoms with Crippen LogP contribution >= 0.6 is 0 Å². The Bertz CT molecular complexity index is 554. The summed E-state index contributed by atoms with van der Waals surface area (Å²) in [5.41, 5.74) is 0.229. The van der Waals surface area contributed by atoms with Crippen LogP contribution in [0.5, 0.6) is 0 Å². The van der Waals surface area contributed by atoms with Gasteiger partial charge in [-0.25, -0.2) is 0 Å². The van der Waals surface area contributed by atoms with Gasteiger partial charge in [0.15, 0.2) is 0 Å². The van der Waals surface area contributed by atoms with E-state index in [4.69, 9.17) is 5.11 Å². The van der Waals surface area contributed by atoms with Gasteiger partial charge in [0, 0.05) is 0 Å². The molecule has 4 heteroatoms. The minimum absolute atomic E-state index is 0.150. The van der Waals surface area contributed by atoms with E-state index in [1.807, 2.05) is 30.4 Å². The second-order valence-corrected chi connectivity index (χ2v) is 7.33. The first-order valence-electron chi connectivity index (χ1n) is 9.31. The minimum Gasteiger partial charge on any atom is -0.481 e. The van der Waals surface area contributed by atoms with Gasteiger partial charge in [-0.3, -0.25) is 4.79 Å². The maximum atomic E-state index is 10.9. The van der Waals surface area contributed by atoms with Crippen molar-refractivity contribution in [3.05, 3.63) is 48.0 Å². The molecule has 3 N–H and O–H groups in total. The molecule has 1 aromatic carbocycles. The third-order valence-corrected chi connectivity index (χ3v) is 5.00. The first kappa shape index (κ1) is 19.7. The second-order valence-electron chi connectivity index (χ2n) is 7.33. The fourth-order valence-corrected chi connectivity index (χ4v) is 3.70. The highest BCUT2D eigenvalue weighted by atomic mass is 16.4. The minimum atomic E-state index is -1.10. The van der Waals surface area contributed by atoms with E-state index < -0.39 is 17.7 Å². The van der Waals surface area contributed by atoms with Gasteiger partial charge in [-0.15, -0.1) is 0 Å². The fourth-order valence-electron chi connectivity index (χ4n) is 3.70. The predicted molar refractivity (Wildman–Crippen MR) is 98.3 cm³/mol. The Morgan fingerprint density at radius 2 is 2.04 bits per heavy atom. The molecular weight excluding hydrogens is 316 g/mol. The number of carboxylic acids is 1. The van der Waals surface area contributed by atoms with Crippen LogP contribution in [0.25, 0.3) is 0 Å². The molecule has 0 aliphatic heterocycles. The van der Waals surface area contributed by atoms with Gasteiger partial charge in [0.05, 0.1) is 18.1 Å². The molecule has 1 aliphatic carbocycles. The number of carboxylic acid groups (broad SMARTS) is 1. The van der Waals surface area contributed by atoms with Crippen LogP contribution in [0.15, 0.2) is 42.5 Å². The van der Waals surface area contributed by atoms with Gasteiger partial charge >= 0.3 is 5.97 Å². The maximum Gasteiger partial charge on any atom is 0.306 e. The molecule has 0 amide bonds. The highest BCUT2D eigenvalue weighted by molar-refractivity contribution is 5.68. The molecule has 1 aliphatic rings. The number of aliphatic carboxylic acids is 1. The number of hydrogen-bond acceptors (Lipinski definition) is 3. The highest BCUT2D eigenvalue weighted by Gasteiger charge is 2.35. The van der Waals surface area contributed by atoms with Crippen LogP contribution in [0.3, 0.4) is 0 Å². The molecule has 0 saturated heterocycles. The first-order valence-corrected chi connectivity index (χ1v) is 9.31. The average Bonchev–Trinajstić information content (AvgIpc) is 2.57. The molecule has 0 spiro atoms. The summed E-state index contributed by atoms with van der Waals surface area (Å²) < 4.78 is 0. The summed E-state index contributed by atoms with van der Waals surface area (Å²) >= 11 is 0. The van der Waals surface area contributed by atoms with Crippen LogP contribution in [0.1, 0.15) is 56.9 Å². The zero-order chi connectivity index (χ0) is 18.1. The van der Waals surface area contributed by atoms with E-state index in [-0.39, 0.29) is 12.3 Å². The zero-order valence-electron chi connectivity index (χ0n) is 14.8. The van der Waals surface area contributed by atoms with Crippen LogP contribution in [0.2, 0.25) is 0 Å². The van der Waals surface area contributed by atoms with Crippen molar-refractivity contribution in [1.29, 1.82) is 0 Å². The summed E-state index contributed by atoms with van der Waals surface area (Å²) in [6, 6.07) is 10.3. The van der Waals surface area contributed by atoms with Crippen molar-refractivity contribution in [1.82, 2.24) is 0 Å². The summed E-state index contributed by atoms with van der Waals surface area (Å²) in [6.45, 7) is 0. The van der Waals surface area contributed by atoms with E-state index in [9.17, 15) is 15.0 Å². The standard InChI is InChI=1S/C21H30O4/c22-19(11-5-4-9-17-7-2-1-3-8-17)13-12-18-10-6-14-21(25,15-18)16-20(23)24/h1-3,7-8,12-13,18-19,22,25H,4-6,9-11,14-16H2,(H,23,24)/b13-12+. The Balaban J connectivity index is 1.68. The lowest BCUT2D eigenvalue weighted by atomic mass is 9.76. The van der Waals surface area contributed by atoms with Crippen molar-refractivity contribution < 1.29 is 20.1 Å². The zero-order valence-corrected chi connectivity index (χ0v) is 14.8. The number of unbranched alkanes of at least 4 members (excludes halogenated alkanes) is 1. The topological polar surface area (TPSA) is 77.8 Å². The van der Waals surface area contributed by atoms with Crippen molar-refractivity contribution in [2.24, 2.45) is 5.92 Å². The number of aliphatic hydroxyl groups is 2. The Morgan fingerprint density at radius 3 is 2.76 bits per heavy atom. The largest absolute Gasteiger partial charge is 0.481 e. The molecule has 3 unspecified atom stereocenters. The number of aliphatic hydroxyl groups excluding tert-OH is 1. The lowest BCUT2D eigenvalue weighted by molar-refractivity contribution is -0.144. The molecule has 0 bridgehead atoms. The summed E-state index contributed by atoms with van der Waals surface area (Å²) in [7, 11) is 0. The van der Waals surface area contributed by atoms with Gasteiger partial charge in [-0.2, -0.15) is 0 Å². The molecule has 138 valence electrons. The molecule has 1 fully saturated rings. The number of hydrogen-bond donors (Lipinski definition) is 3. The van der Waals surface area contributed by atoms with Gasteiger partial charge in [0.1, 0.15) is 0 Å². The van der Waals surface area contributed by atoms with Crippen molar-refractivity contribution in [2.45, 2.75) is 69.5 Å². The number of aryl methyl sites for hydroxylation is 1. The molecule has 0 heterocycles. The predicted octanol–water partition coefficient (Wildman–Crippen LogP) is 3.71. The van der Waals surface area contributed by atoms with Crippen LogP contribution in [-0.2, 0) is 11.2 Å². The molecule has 0 aromatic heterocycles. The quantitative estimate of drug-likeness (QED) is 0.470. The summed E-state index contributed by atoms with van der Waals surface area (Å²) in [5.74, 6) is -0.803. The van der Waals surface area contributed by atoms with E-state index in [1.54, 1.807) is 0 Å². The van der Waals surface area contributed by atoms with Gasteiger partial charge in [0.25, 0.3) is 0 Å². The third-order valence-electron chi connectivity index (χ3n) is 5.00. The van der Waals surface area contributed by atoms with E-state index in [0.717, 1.165) is 38.5 Å². The lowest BCUT2D eigenvalue weighted by Gasteiger charge is -2.34. The number of carbonyl (C=O) groups is 1. The monoisotopic (exact) mass is 346 g/mol. The molecule has 3 atom stereocenters. The van der Waals surface area contributed by atoms with Crippen LogP contribution in [0, 0.1) is 5.92 Å². The third kappa shape index (κ3) is 7.41. The van der Waals surface area contributed by atoms with E-state index >= 15 is 0 Å². The Kier molecular flexibility index (Phi) is 7.66. The smallest absolute Gasteiger partial charge is 0.306 e. The first-order chi connectivity index (χ1) is 12.0. The van der Waals surface area contributed by atoms with E-state index in [1.165, 1.54) is 5.56 Å². The molecular formula is C21H30O4. The highest BCUT2D eigenvalue weighted by Crippen LogP contribution is 2.35. The van der Waals surface area contributed by atoms with Crippen LogP contribution in [-0.4, -0.2) is 33.0 Å². The Morgan fingerprint density at radius 1 is 1.28 bits per heavy atom. The van der Waals surface area contributed by atoms with Crippen LogP contribution in [0.4, 0.5) is 0 Å². The van der Waals surface area contributed by atoms with Gasteiger partial charge in [0.2, 0.25) is 0 Å². The van der Waals surface area contributed by atoms with Crippen LogP contribution < -0.4 is 0 Å². The normalized spacial score (nSPS) is 25.1. The summed E-state index contributed by atoms with van der Waals surface area (Å²) in [4.78, 5) is 10.9. The molecule has 25 heavy (non-hydrogen) atoms. The van der Waals surface area contributed by atoms with Gasteiger partial charge < -0.3 is 15.3 Å². The number of rotatable bonds is 9. The molecule has 0 radical (unpaired) electrons. The number of allylic oxidation sites excluding steroid dienone is 1. The lowest BCUT2D eigenvalue weighted by Crippen LogP contribution is -2.37. The SMILES string of the molecule is O=C(O)CC1(O)CCCC(/C=C/C(O)CCCCc2ccccc2)C1. The fraction of sp³-hybridized carbons (Fsp3) is 0.571. The van der Waals surface area contributed by atoms with E-state index in [2.05, 4.69) is 12.1 Å². The molecule has 4 nitrogen and oxygen atoms in total.